The van der Waals surface area contributed by atoms with Crippen molar-refractivity contribution in [1.82, 2.24) is 5.32 Å². The fourth-order valence-corrected chi connectivity index (χ4v) is 3.66. The van der Waals surface area contributed by atoms with Crippen molar-refractivity contribution in [2.45, 2.75) is 31.8 Å². The highest BCUT2D eigenvalue weighted by atomic mass is 35.5. The number of hydrogen-bond donors (Lipinski definition) is 1. The van der Waals surface area contributed by atoms with E-state index in [0.29, 0.717) is 16.1 Å². The standard InChI is InChI=1S/C18H21NO.C6H4Cl2/c1-20-16-11-9-14(10-12-16)13-19-18-8-4-6-15-5-2-3-7-17(15)18;7-5-3-1-2-4-6(5)8/h2-3,5,7,9-12,18-19H,4,6,8,13H2,1H3;1-4H/t18-;/m0./s1. The molecule has 146 valence electrons. The van der Waals surface area contributed by atoms with Gasteiger partial charge in [-0.05, 0) is 60.2 Å². The first-order chi connectivity index (χ1) is 13.7. The fraction of sp³-hybridized carbons (Fsp3) is 0.250. The van der Waals surface area contributed by atoms with E-state index in [9.17, 15) is 0 Å². The maximum absolute atomic E-state index is 5.58. The molecule has 0 fully saturated rings. The molecule has 0 bridgehead atoms. The van der Waals surface area contributed by atoms with Crippen LogP contribution in [0.4, 0.5) is 0 Å². The van der Waals surface area contributed by atoms with Gasteiger partial charge in [0.05, 0.1) is 17.2 Å². The van der Waals surface area contributed by atoms with Crippen molar-refractivity contribution in [3.63, 3.8) is 0 Å². The predicted octanol–water partition coefficient (Wildman–Crippen LogP) is 6.86. The quantitative estimate of drug-likeness (QED) is 0.504. The molecular formula is C24H25Cl2NO. The van der Waals surface area contributed by atoms with Crippen LogP contribution in [0, 0.1) is 0 Å². The Balaban J connectivity index is 0.000000236. The van der Waals surface area contributed by atoms with Gasteiger partial charge in [0.2, 0.25) is 0 Å². The summed E-state index contributed by atoms with van der Waals surface area (Å²) in [4.78, 5) is 0. The van der Waals surface area contributed by atoms with E-state index >= 15 is 0 Å². The molecule has 0 saturated heterocycles. The Bertz CT molecular complexity index is 859. The van der Waals surface area contributed by atoms with Crippen molar-refractivity contribution in [3.8, 4) is 5.75 Å². The van der Waals surface area contributed by atoms with Gasteiger partial charge in [-0.3, -0.25) is 0 Å². The molecule has 0 radical (unpaired) electrons. The first-order valence-corrected chi connectivity index (χ1v) is 10.3. The summed E-state index contributed by atoms with van der Waals surface area (Å²) in [5.74, 6) is 0.914. The molecule has 0 spiro atoms. The second kappa shape index (κ2) is 10.5. The van der Waals surface area contributed by atoms with Crippen molar-refractivity contribution < 1.29 is 4.74 Å². The summed E-state index contributed by atoms with van der Waals surface area (Å²) in [6.45, 7) is 0.906. The highest BCUT2D eigenvalue weighted by Crippen LogP contribution is 2.29. The monoisotopic (exact) mass is 413 g/mol. The van der Waals surface area contributed by atoms with Crippen LogP contribution in [0.5, 0.6) is 5.75 Å². The number of fused-ring (bicyclic) bond motifs is 1. The zero-order chi connectivity index (χ0) is 19.8. The van der Waals surface area contributed by atoms with Crippen LogP contribution in [0.15, 0.2) is 72.8 Å². The molecule has 0 unspecified atom stereocenters. The van der Waals surface area contributed by atoms with E-state index in [1.807, 2.05) is 24.3 Å². The number of rotatable bonds is 4. The summed E-state index contributed by atoms with van der Waals surface area (Å²) in [7, 11) is 1.70. The molecule has 3 aromatic rings. The summed E-state index contributed by atoms with van der Waals surface area (Å²) in [5, 5.41) is 4.90. The topological polar surface area (TPSA) is 21.3 Å². The molecule has 28 heavy (non-hydrogen) atoms. The fourth-order valence-electron chi connectivity index (χ4n) is 3.39. The number of aryl methyl sites for hydroxylation is 1. The zero-order valence-electron chi connectivity index (χ0n) is 16.0. The Labute approximate surface area is 177 Å². The van der Waals surface area contributed by atoms with Crippen LogP contribution in [0.1, 0.15) is 35.6 Å². The van der Waals surface area contributed by atoms with Crippen molar-refractivity contribution in [2.24, 2.45) is 0 Å². The van der Waals surface area contributed by atoms with E-state index < -0.39 is 0 Å². The van der Waals surface area contributed by atoms with Gasteiger partial charge >= 0.3 is 0 Å². The zero-order valence-corrected chi connectivity index (χ0v) is 17.5. The van der Waals surface area contributed by atoms with Crippen LogP contribution in [0.3, 0.4) is 0 Å². The van der Waals surface area contributed by atoms with E-state index in [4.69, 9.17) is 27.9 Å². The average molecular weight is 414 g/mol. The lowest BCUT2D eigenvalue weighted by molar-refractivity contribution is 0.414. The lowest BCUT2D eigenvalue weighted by Gasteiger charge is -2.26. The van der Waals surface area contributed by atoms with E-state index in [-0.39, 0.29) is 0 Å². The lowest BCUT2D eigenvalue weighted by Crippen LogP contribution is -2.24. The maximum Gasteiger partial charge on any atom is 0.118 e. The Hall–Kier alpha value is -2.00. The number of nitrogens with one attached hydrogen (secondary N) is 1. The second-order valence-corrected chi connectivity index (χ2v) is 7.60. The van der Waals surface area contributed by atoms with E-state index in [0.717, 1.165) is 12.3 Å². The summed E-state index contributed by atoms with van der Waals surface area (Å²) in [6.07, 6.45) is 3.72. The molecule has 1 aliphatic rings. The first-order valence-electron chi connectivity index (χ1n) is 9.51. The molecule has 1 aliphatic carbocycles. The minimum Gasteiger partial charge on any atom is -0.497 e. The molecule has 0 aromatic heterocycles. The van der Waals surface area contributed by atoms with Gasteiger partial charge in [-0.15, -0.1) is 0 Å². The van der Waals surface area contributed by atoms with Crippen LogP contribution in [-0.2, 0) is 13.0 Å². The number of halogens is 2. The Kier molecular flexibility index (Phi) is 7.79. The van der Waals surface area contributed by atoms with Gasteiger partial charge in [-0.25, -0.2) is 0 Å². The molecular weight excluding hydrogens is 389 g/mol. The molecule has 3 aromatic carbocycles. The van der Waals surface area contributed by atoms with Crippen LogP contribution in [0.25, 0.3) is 0 Å². The lowest BCUT2D eigenvalue weighted by atomic mass is 9.87. The van der Waals surface area contributed by atoms with Crippen molar-refractivity contribution in [3.05, 3.63) is 99.5 Å². The third kappa shape index (κ3) is 5.75. The van der Waals surface area contributed by atoms with E-state index in [1.54, 1.807) is 19.2 Å². The smallest absolute Gasteiger partial charge is 0.118 e. The molecule has 4 heteroatoms. The maximum atomic E-state index is 5.58. The highest BCUT2D eigenvalue weighted by Gasteiger charge is 2.18. The molecule has 1 atom stereocenters. The van der Waals surface area contributed by atoms with Crippen molar-refractivity contribution in [1.29, 1.82) is 0 Å². The molecule has 0 aliphatic heterocycles. The van der Waals surface area contributed by atoms with Crippen LogP contribution < -0.4 is 10.1 Å². The normalized spacial score (nSPS) is 15.2. The highest BCUT2D eigenvalue weighted by molar-refractivity contribution is 6.41. The number of hydrogen-bond acceptors (Lipinski definition) is 2. The van der Waals surface area contributed by atoms with Gasteiger partial charge in [-0.2, -0.15) is 0 Å². The minimum atomic E-state index is 0.488. The Morgan fingerprint density at radius 1 is 0.893 bits per heavy atom. The summed E-state index contributed by atoms with van der Waals surface area (Å²) >= 11 is 11.2. The molecule has 0 heterocycles. The summed E-state index contributed by atoms with van der Waals surface area (Å²) in [6, 6.07) is 24.8. The van der Waals surface area contributed by atoms with Crippen LogP contribution in [0.2, 0.25) is 10.0 Å². The molecule has 1 N–H and O–H groups in total. The van der Waals surface area contributed by atoms with Gasteiger partial charge in [0.15, 0.2) is 0 Å². The molecule has 4 rings (SSSR count). The average Bonchev–Trinajstić information content (AvgIpc) is 2.75. The van der Waals surface area contributed by atoms with Crippen molar-refractivity contribution >= 4 is 23.2 Å². The molecule has 0 amide bonds. The van der Waals surface area contributed by atoms with Gasteiger partial charge in [0.1, 0.15) is 5.75 Å². The van der Waals surface area contributed by atoms with Crippen LogP contribution in [-0.4, -0.2) is 7.11 Å². The van der Waals surface area contributed by atoms with Crippen molar-refractivity contribution in [2.75, 3.05) is 7.11 Å². The summed E-state index contributed by atoms with van der Waals surface area (Å²) < 4.78 is 5.19. The van der Waals surface area contributed by atoms with Gasteiger partial charge < -0.3 is 10.1 Å². The largest absolute Gasteiger partial charge is 0.497 e. The third-order valence-corrected chi connectivity index (χ3v) is 5.66. The number of benzene rings is 3. The van der Waals surface area contributed by atoms with Gasteiger partial charge in [-0.1, -0.05) is 71.7 Å². The second-order valence-electron chi connectivity index (χ2n) is 6.79. The van der Waals surface area contributed by atoms with E-state index in [2.05, 4.69) is 41.7 Å². The number of methoxy groups -OCH3 is 1. The molecule has 2 nitrogen and oxygen atoms in total. The van der Waals surface area contributed by atoms with E-state index in [1.165, 1.54) is 36.0 Å². The van der Waals surface area contributed by atoms with Gasteiger partial charge in [0.25, 0.3) is 0 Å². The van der Waals surface area contributed by atoms with Gasteiger partial charge in [0, 0.05) is 12.6 Å². The Morgan fingerprint density at radius 3 is 2.18 bits per heavy atom. The van der Waals surface area contributed by atoms with Crippen LogP contribution >= 0.6 is 23.2 Å². The predicted molar refractivity (Wildman–Crippen MR) is 118 cm³/mol. The summed E-state index contributed by atoms with van der Waals surface area (Å²) in [5.41, 5.74) is 4.28. The SMILES string of the molecule is COc1ccc(CN[C@H]2CCCc3ccccc32)cc1.Clc1ccccc1Cl. The molecule has 0 saturated carbocycles. The third-order valence-electron chi connectivity index (χ3n) is 4.91. The minimum absolute atomic E-state index is 0.488. The first kappa shape index (κ1) is 20.7. The Morgan fingerprint density at radius 2 is 1.54 bits per heavy atom. The number of ether oxygens (including phenoxy) is 1.